The van der Waals surface area contributed by atoms with Crippen LogP contribution in [0, 0.1) is 0 Å². The van der Waals surface area contributed by atoms with Gasteiger partial charge in [-0.1, -0.05) is 15.9 Å². The summed E-state index contributed by atoms with van der Waals surface area (Å²) in [5, 5.41) is 1.09. The number of hydrogen-bond donors (Lipinski definition) is 0. The van der Waals surface area contributed by atoms with E-state index < -0.39 is 0 Å². The van der Waals surface area contributed by atoms with Gasteiger partial charge in [-0.05, 0) is 25.7 Å². The molecule has 1 atom stereocenters. The Morgan fingerprint density at radius 2 is 2.15 bits per heavy atom. The molecule has 1 aliphatic heterocycles. The molecule has 0 bridgehead atoms. The molecule has 0 aromatic heterocycles. The minimum Gasteiger partial charge on any atom is -0.377 e. The smallest absolute Gasteiger partial charge is 0.0702 e. The molecule has 1 saturated heterocycles. The van der Waals surface area contributed by atoms with Gasteiger partial charge in [0, 0.05) is 31.1 Å². The normalized spacial score (nSPS) is 28.6. The lowest BCUT2D eigenvalue weighted by Gasteiger charge is -2.23. The molecule has 2 nitrogen and oxygen atoms in total. The van der Waals surface area contributed by atoms with Crippen molar-refractivity contribution in [2.75, 3.05) is 25.0 Å². The first-order chi connectivity index (χ1) is 6.40. The first kappa shape index (κ1) is 9.94. The van der Waals surface area contributed by atoms with Gasteiger partial charge in [-0.25, -0.2) is 0 Å². The van der Waals surface area contributed by atoms with Crippen LogP contribution < -0.4 is 0 Å². The highest BCUT2D eigenvalue weighted by Gasteiger charge is 2.30. The zero-order valence-corrected chi connectivity index (χ0v) is 9.63. The van der Waals surface area contributed by atoms with E-state index in [1.54, 1.807) is 0 Å². The van der Waals surface area contributed by atoms with Gasteiger partial charge < -0.3 is 4.74 Å². The minimum absolute atomic E-state index is 0.527. The highest BCUT2D eigenvalue weighted by atomic mass is 79.9. The van der Waals surface area contributed by atoms with Crippen LogP contribution in [0.2, 0.25) is 0 Å². The molecule has 0 aromatic carbocycles. The van der Waals surface area contributed by atoms with Gasteiger partial charge in [0.15, 0.2) is 0 Å². The van der Waals surface area contributed by atoms with Crippen LogP contribution >= 0.6 is 15.9 Å². The van der Waals surface area contributed by atoms with E-state index in [-0.39, 0.29) is 0 Å². The summed E-state index contributed by atoms with van der Waals surface area (Å²) in [5.74, 6) is 0. The van der Waals surface area contributed by atoms with Crippen LogP contribution in [0.15, 0.2) is 0 Å². The second kappa shape index (κ2) is 4.76. The molecule has 0 spiro atoms. The van der Waals surface area contributed by atoms with E-state index in [0.29, 0.717) is 6.10 Å². The van der Waals surface area contributed by atoms with E-state index in [1.807, 2.05) is 0 Å². The fraction of sp³-hybridized carbons (Fsp3) is 1.00. The number of nitrogens with zero attached hydrogens (tertiary/aromatic N) is 1. The zero-order valence-electron chi connectivity index (χ0n) is 8.04. The SMILES string of the molecule is BrCCN(CC1CCCO1)C1CC1. The molecule has 0 radical (unpaired) electrons. The Kier molecular flexibility index (Phi) is 3.64. The molecule has 13 heavy (non-hydrogen) atoms. The molecule has 0 aromatic rings. The molecule has 3 heteroatoms. The van der Waals surface area contributed by atoms with Crippen LogP contribution in [0.25, 0.3) is 0 Å². The van der Waals surface area contributed by atoms with Crippen molar-refractivity contribution in [1.82, 2.24) is 4.90 Å². The Morgan fingerprint density at radius 3 is 2.69 bits per heavy atom. The average molecular weight is 248 g/mol. The van der Waals surface area contributed by atoms with Crippen LogP contribution in [-0.4, -0.2) is 42.1 Å². The highest BCUT2D eigenvalue weighted by molar-refractivity contribution is 9.09. The van der Waals surface area contributed by atoms with Gasteiger partial charge in [-0.3, -0.25) is 4.90 Å². The highest BCUT2D eigenvalue weighted by Crippen LogP contribution is 2.28. The summed E-state index contributed by atoms with van der Waals surface area (Å²) in [5.41, 5.74) is 0. The van der Waals surface area contributed by atoms with Crippen molar-refractivity contribution in [1.29, 1.82) is 0 Å². The van der Waals surface area contributed by atoms with Crippen LogP contribution in [0.4, 0.5) is 0 Å². The molecule has 76 valence electrons. The third-order valence-electron chi connectivity index (χ3n) is 2.90. The molecule has 0 amide bonds. The van der Waals surface area contributed by atoms with Gasteiger partial charge in [0.2, 0.25) is 0 Å². The summed E-state index contributed by atoms with van der Waals surface area (Å²) in [6.45, 7) is 3.33. The predicted molar refractivity (Wildman–Crippen MR) is 57.4 cm³/mol. The lowest BCUT2D eigenvalue weighted by Crippen LogP contribution is -2.35. The number of halogens is 1. The predicted octanol–water partition coefficient (Wildman–Crippen LogP) is 2.02. The first-order valence-electron chi connectivity index (χ1n) is 5.32. The van der Waals surface area contributed by atoms with E-state index in [1.165, 1.54) is 32.2 Å². The molecule has 1 unspecified atom stereocenters. The standard InChI is InChI=1S/C10H18BrNO/c11-5-6-12(9-3-4-9)8-10-2-1-7-13-10/h9-10H,1-8H2. The Labute approximate surface area is 88.8 Å². The molecule has 1 heterocycles. The molecular formula is C10H18BrNO. The van der Waals surface area contributed by atoms with Crippen molar-refractivity contribution in [3.8, 4) is 0 Å². The molecular weight excluding hydrogens is 230 g/mol. The summed E-state index contributed by atoms with van der Waals surface area (Å²) in [6, 6.07) is 0.877. The van der Waals surface area contributed by atoms with Crippen molar-refractivity contribution >= 4 is 15.9 Å². The first-order valence-corrected chi connectivity index (χ1v) is 6.44. The lowest BCUT2D eigenvalue weighted by atomic mass is 10.2. The maximum Gasteiger partial charge on any atom is 0.0702 e. The Hall–Kier alpha value is 0.400. The van der Waals surface area contributed by atoms with E-state index in [2.05, 4.69) is 20.8 Å². The van der Waals surface area contributed by atoms with Gasteiger partial charge in [0.05, 0.1) is 6.10 Å². The van der Waals surface area contributed by atoms with Crippen molar-refractivity contribution in [3.63, 3.8) is 0 Å². The van der Waals surface area contributed by atoms with Crippen molar-refractivity contribution in [3.05, 3.63) is 0 Å². The number of ether oxygens (including phenoxy) is 1. The molecule has 2 rings (SSSR count). The van der Waals surface area contributed by atoms with Crippen LogP contribution in [0.1, 0.15) is 25.7 Å². The number of alkyl halides is 1. The average Bonchev–Trinajstić information content (AvgIpc) is 2.85. The van der Waals surface area contributed by atoms with Gasteiger partial charge in [0.1, 0.15) is 0 Å². The third-order valence-corrected chi connectivity index (χ3v) is 3.25. The summed E-state index contributed by atoms with van der Waals surface area (Å²) in [4.78, 5) is 2.59. The summed E-state index contributed by atoms with van der Waals surface area (Å²) >= 11 is 3.51. The molecule has 2 aliphatic rings. The lowest BCUT2D eigenvalue weighted by molar-refractivity contribution is 0.0727. The van der Waals surface area contributed by atoms with Crippen molar-refractivity contribution in [2.45, 2.75) is 37.8 Å². The fourth-order valence-electron chi connectivity index (χ4n) is 2.02. The Morgan fingerprint density at radius 1 is 1.31 bits per heavy atom. The number of hydrogen-bond acceptors (Lipinski definition) is 2. The topological polar surface area (TPSA) is 12.5 Å². The van der Waals surface area contributed by atoms with Crippen molar-refractivity contribution < 1.29 is 4.74 Å². The third kappa shape index (κ3) is 2.93. The second-order valence-corrected chi connectivity index (χ2v) is 4.84. The Balaban J connectivity index is 1.74. The Bertz CT molecular complexity index is 155. The van der Waals surface area contributed by atoms with Gasteiger partial charge in [-0.2, -0.15) is 0 Å². The quantitative estimate of drug-likeness (QED) is 0.690. The van der Waals surface area contributed by atoms with Crippen LogP contribution in [0.5, 0.6) is 0 Å². The van der Waals surface area contributed by atoms with Gasteiger partial charge in [-0.15, -0.1) is 0 Å². The van der Waals surface area contributed by atoms with Gasteiger partial charge >= 0.3 is 0 Å². The minimum atomic E-state index is 0.527. The summed E-state index contributed by atoms with van der Waals surface area (Å²) in [7, 11) is 0. The van der Waals surface area contributed by atoms with E-state index in [4.69, 9.17) is 4.74 Å². The largest absolute Gasteiger partial charge is 0.377 e. The maximum atomic E-state index is 5.65. The van der Waals surface area contributed by atoms with E-state index in [9.17, 15) is 0 Å². The molecule has 1 saturated carbocycles. The fourth-order valence-corrected chi connectivity index (χ4v) is 2.48. The summed E-state index contributed by atoms with van der Waals surface area (Å²) in [6.07, 6.45) is 5.86. The van der Waals surface area contributed by atoms with E-state index >= 15 is 0 Å². The van der Waals surface area contributed by atoms with Crippen molar-refractivity contribution in [2.24, 2.45) is 0 Å². The van der Waals surface area contributed by atoms with E-state index in [0.717, 1.165) is 24.5 Å². The zero-order chi connectivity index (χ0) is 9.10. The monoisotopic (exact) mass is 247 g/mol. The number of rotatable bonds is 5. The van der Waals surface area contributed by atoms with Crippen LogP contribution in [-0.2, 0) is 4.74 Å². The molecule has 2 fully saturated rings. The van der Waals surface area contributed by atoms with Crippen LogP contribution in [0.3, 0.4) is 0 Å². The summed E-state index contributed by atoms with van der Waals surface area (Å²) < 4.78 is 5.65. The maximum absolute atomic E-state index is 5.65. The second-order valence-electron chi connectivity index (χ2n) is 4.05. The molecule has 1 aliphatic carbocycles. The van der Waals surface area contributed by atoms with Gasteiger partial charge in [0.25, 0.3) is 0 Å². The molecule has 0 N–H and O–H groups in total.